The lowest BCUT2D eigenvalue weighted by atomic mass is 9.96. The maximum Gasteiger partial charge on any atom is 0.237 e. The van der Waals surface area contributed by atoms with Crippen molar-refractivity contribution in [1.29, 1.82) is 0 Å². The van der Waals surface area contributed by atoms with Gasteiger partial charge in [-0.15, -0.1) is 0 Å². The minimum absolute atomic E-state index is 0.174. The van der Waals surface area contributed by atoms with Gasteiger partial charge in [0.05, 0.1) is 0 Å². The van der Waals surface area contributed by atoms with Crippen molar-refractivity contribution in [2.24, 2.45) is 4.99 Å². The zero-order valence-electron chi connectivity index (χ0n) is 16.0. The topological polar surface area (TPSA) is 63.6 Å². The average Bonchev–Trinajstić information content (AvgIpc) is 3.25. The molecule has 3 aliphatic rings. The Hall–Kier alpha value is -3.21. The Bertz CT molecular complexity index is 1110. The predicted molar refractivity (Wildman–Crippen MR) is 111 cm³/mol. The lowest BCUT2D eigenvalue weighted by Gasteiger charge is -2.21. The molecule has 1 N–H and O–H groups in total. The van der Waals surface area contributed by atoms with Crippen LogP contribution >= 0.6 is 0 Å². The van der Waals surface area contributed by atoms with Gasteiger partial charge in [0, 0.05) is 48.6 Å². The predicted octanol–water partition coefficient (Wildman–Crippen LogP) is 4.12. The smallest absolute Gasteiger partial charge is 0.237 e. The first-order chi connectivity index (χ1) is 13.6. The normalized spacial score (nSPS) is 18.9. The van der Waals surface area contributed by atoms with Crippen LogP contribution in [0.25, 0.3) is 16.7 Å². The minimum Gasteiger partial charge on any atom is -0.474 e. The van der Waals surface area contributed by atoms with E-state index >= 15 is 0 Å². The van der Waals surface area contributed by atoms with Crippen LogP contribution in [-0.4, -0.2) is 29.6 Å². The molecule has 5 nitrogen and oxygen atoms in total. The van der Waals surface area contributed by atoms with Gasteiger partial charge in [-0.1, -0.05) is 12.1 Å². The Morgan fingerprint density at radius 2 is 2.07 bits per heavy atom. The molecule has 0 radical (unpaired) electrons. The van der Waals surface area contributed by atoms with Gasteiger partial charge >= 0.3 is 0 Å². The van der Waals surface area contributed by atoms with E-state index in [0.717, 1.165) is 63.3 Å². The van der Waals surface area contributed by atoms with Gasteiger partial charge in [-0.05, 0) is 53.8 Å². The van der Waals surface area contributed by atoms with E-state index in [0.29, 0.717) is 18.9 Å². The SMILES string of the molecule is CC1=NC=C(/C=C2\C(=O)Cc3ccc(-c4cnc5c(c4C)NCCO5)cc32)C1. The summed E-state index contributed by atoms with van der Waals surface area (Å²) < 4.78 is 5.64. The van der Waals surface area contributed by atoms with Gasteiger partial charge in [-0.3, -0.25) is 9.79 Å². The molecule has 0 unspecified atom stereocenters. The third kappa shape index (κ3) is 2.74. The second kappa shape index (κ2) is 6.44. The molecule has 28 heavy (non-hydrogen) atoms. The number of ether oxygens (including phenoxy) is 1. The van der Waals surface area contributed by atoms with E-state index in [1.54, 1.807) is 0 Å². The Morgan fingerprint density at radius 1 is 1.18 bits per heavy atom. The molecular formula is C23H21N3O2. The van der Waals surface area contributed by atoms with E-state index in [1.807, 2.05) is 25.4 Å². The summed E-state index contributed by atoms with van der Waals surface area (Å²) in [7, 11) is 0. The number of aromatic nitrogens is 1. The number of benzene rings is 1. The number of carbonyl (C=O) groups excluding carboxylic acids is 1. The molecule has 0 atom stereocenters. The fraction of sp³-hybridized carbons (Fsp3) is 0.261. The quantitative estimate of drug-likeness (QED) is 0.807. The third-order valence-corrected chi connectivity index (χ3v) is 5.55. The number of hydrogen-bond donors (Lipinski definition) is 1. The van der Waals surface area contributed by atoms with Crippen molar-refractivity contribution >= 4 is 22.8 Å². The number of fused-ring (bicyclic) bond motifs is 2. The Kier molecular flexibility index (Phi) is 3.90. The van der Waals surface area contributed by atoms with E-state index < -0.39 is 0 Å². The van der Waals surface area contributed by atoms with Crippen LogP contribution in [0.1, 0.15) is 30.0 Å². The molecule has 3 heterocycles. The highest BCUT2D eigenvalue weighted by molar-refractivity contribution is 6.26. The number of anilines is 1. The van der Waals surface area contributed by atoms with Crippen molar-refractivity contribution in [3.8, 4) is 17.0 Å². The van der Waals surface area contributed by atoms with Gasteiger partial charge in [-0.2, -0.15) is 0 Å². The van der Waals surface area contributed by atoms with E-state index in [2.05, 4.69) is 40.4 Å². The summed E-state index contributed by atoms with van der Waals surface area (Å²) in [5.74, 6) is 0.834. The van der Waals surface area contributed by atoms with Gasteiger partial charge in [0.2, 0.25) is 5.88 Å². The molecule has 0 saturated carbocycles. The molecule has 1 aromatic heterocycles. The molecular weight excluding hydrogens is 350 g/mol. The van der Waals surface area contributed by atoms with E-state index in [1.165, 1.54) is 0 Å². The molecule has 1 aromatic carbocycles. The molecule has 0 spiro atoms. The maximum atomic E-state index is 12.6. The summed E-state index contributed by atoms with van der Waals surface area (Å²) in [6.07, 6.45) is 7.00. The number of pyridine rings is 1. The van der Waals surface area contributed by atoms with Crippen LogP contribution in [0.15, 0.2) is 47.2 Å². The first-order valence-corrected chi connectivity index (χ1v) is 9.57. The van der Waals surface area contributed by atoms with E-state index in [9.17, 15) is 4.79 Å². The lowest BCUT2D eigenvalue weighted by molar-refractivity contribution is -0.112. The zero-order chi connectivity index (χ0) is 19.3. The third-order valence-electron chi connectivity index (χ3n) is 5.55. The molecule has 0 fully saturated rings. The highest BCUT2D eigenvalue weighted by atomic mass is 16.5. The maximum absolute atomic E-state index is 12.6. The largest absolute Gasteiger partial charge is 0.474 e. The van der Waals surface area contributed by atoms with Crippen molar-refractivity contribution in [3.63, 3.8) is 0 Å². The molecule has 2 aliphatic heterocycles. The highest BCUT2D eigenvalue weighted by Gasteiger charge is 2.26. The lowest BCUT2D eigenvalue weighted by Crippen LogP contribution is -2.20. The Morgan fingerprint density at radius 3 is 2.89 bits per heavy atom. The van der Waals surface area contributed by atoms with Crippen LogP contribution in [0.5, 0.6) is 5.88 Å². The molecule has 2 aromatic rings. The number of nitrogens with zero attached hydrogens (tertiary/aromatic N) is 2. The summed E-state index contributed by atoms with van der Waals surface area (Å²) in [5.41, 5.74) is 9.25. The second-order valence-electron chi connectivity index (χ2n) is 7.53. The first-order valence-electron chi connectivity index (χ1n) is 9.57. The van der Waals surface area contributed by atoms with E-state index in [-0.39, 0.29) is 5.78 Å². The van der Waals surface area contributed by atoms with Gasteiger partial charge < -0.3 is 10.1 Å². The van der Waals surface area contributed by atoms with Crippen molar-refractivity contribution in [1.82, 2.24) is 4.98 Å². The summed E-state index contributed by atoms with van der Waals surface area (Å²) >= 11 is 0. The highest BCUT2D eigenvalue weighted by Crippen LogP contribution is 2.38. The van der Waals surface area contributed by atoms with Crippen LogP contribution in [0.3, 0.4) is 0 Å². The number of ketones is 1. The van der Waals surface area contributed by atoms with Crippen molar-refractivity contribution in [2.45, 2.75) is 26.7 Å². The Balaban J connectivity index is 1.57. The van der Waals surface area contributed by atoms with Crippen molar-refractivity contribution in [3.05, 3.63) is 58.9 Å². The molecule has 0 saturated heterocycles. The van der Waals surface area contributed by atoms with Crippen LogP contribution in [0.4, 0.5) is 5.69 Å². The molecule has 5 rings (SSSR count). The number of allylic oxidation sites excluding steroid dienone is 3. The summed E-state index contributed by atoms with van der Waals surface area (Å²) in [6.45, 7) is 5.50. The van der Waals surface area contributed by atoms with Gasteiger partial charge in [0.1, 0.15) is 12.3 Å². The van der Waals surface area contributed by atoms with Crippen LogP contribution in [0, 0.1) is 6.92 Å². The zero-order valence-corrected chi connectivity index (χ0v) is 16.0. The first kappa shape index (κ1) is 16.9. The van der Waals surface area contributed by atoms with Crippen LogP contribution in [0.2, 0.25) is 0 Å². The Labute approximate surface area is 163 Å². The van der Waals surface area contributed by atoms with Gasteiger partial charge in [0.25, 0.3) is 0 Å². The molecule has 140 valence electrons. The van der Waals surface area contributed by atoms with E-state index in [4.69, 9.17) is 4.74 Å². The summed E-state index contributed by atoms with van der Waals surface area (Å²) in [6, 6.07) is 6.27. The number of aliphatic imine (C=N–C) groups is 1. The van der Waals surface area contributed by atoms with Crippen LogP contribution < -0.4 is 10.1 Å². The van der Waals surface area contributed by atoms with Gasteiger partial charge in [-0.25, -0.2) is 4.98 Å². The monoisotopic (exact) mass is 371 g/mol. The molecule has 5 heteroatoms. The number of nitrogens with one attached hydrogen (secondary N) is 1. The standard InChI is InChI=1S/C23H21N3O2/c1-13-7-15(11-25-13)8-19-18-9-16(3-4-17(18)10-21(19)27)20-12-26-23-22(14(20)2)24-5-6-28-23/h3-4,8-9,11-12,24H,5-7,10H2,1-2H3/b19-8-. The molecule has 0 bridgehead atoms. The minimum atomic E-state index is 0.174. The summed E-state index contributed by atoms with van der Waals surface area (Å²) in [4.78, 5) is 21.4. The fourth-order valence-corrected chi connectivity index (χ4v) is 4.09. The number of carbonyl (C=O) groups is 1. The number of rotatable bonds is 2. The van der Waals surface area contributed by atoms with Crippen molar-refractivity contribution < 1.29 is 9.53 Å². The molecule has 0 amide bonds. The second-order valence-corrected chi connectivity index (χ2v) is 7.53. The molecule has 1 aliphatic carbocycles. The number of Topliss-reactive ketones (excluding diaryl/α,β-unsaturated/α-hetero) is 1. The number of hydrogen-bond acceptors (Lipinski definition) is 5. The summed E-state index contributed by atoms with van der Waals surface area (Å²) in [5, 5.41) is 3.39. The van der Waals surface area contributed by atoms with Gasteiger partial charge in [0.15, 0.2) is 5.78 Å². The average molecular weight is 371 g/mol. The fourth-order valence-electron chi connectivity index (χ4n) is 4.09. The van der Waals surface area contributed by atoms with Crippen molar-refractivity contribution in [2.75, 3.05) is 18.5 Å². The van der Waals surface area contributed by atoms with Crippen LogP contribution in [-0.2, 0) is 11.2 Å².